The Morgan fingerprint density at radius 3 is 2.04 bits per heavy atom. The molecule has 3 rings (SSSR count). The van der Waals surface area contributed by atoms with Crippen molar-refractivity contribution < 1.29 is 29.0 Å². The van der Waals surface area contributed by atoms with Crippen molar-refractivity contribution in [3.05, 3.63) is 90.1 Å². The smallest absolute Gasteiger partial charge is 0.409 e. The molecule has 3 atom stereocenters. The van der Waals surface area contributed by atoms with Gasteiger partial charge in [0.1, 0.15) is 11.8 Å². The number of carbonyl (C=O) groups is 3. The standard InChI is InChI=1S/C35H47N5O6/c1-33(2,3)35(39-31(43)45-7,40-32(44)46-34(4,5)6)30(42)38-29(37-23-27(41)21-16-24-13-9-8-10-14-24)26-19-17-25(18-20-26)28-15-11-12-22-36-28/h8-15,17-20,22,27,29,37,41H,16,21,23H2,1-7H3,(H,38,42)(H,39,43)(H,40,44)/t27-,29?,35-/m0/s1. The molecule has 2 aromatic carbocycles. The number of nitrogens with zero attached hydrogens (tertiary/aromatic N) is 1. The van der Waals surface area contributed by atoms with Crippen molar-refractivity contribution in [2.24, 2.45) is 5.41 Å². The molecule has 0 saturated heterocycles. The summed E-state index contributed by atoms with van der Waals surface area (Å²) in [7, 11) is 1.17. The van der Waals surface area contributed by atoms with Crippen molar-refractivity contribution in [3.8, 4) is 11.3 Å². The van der Waals surface area contributed by atoms with E-state index >= 15 is 0 Å². The average molecular weight is 634 g/mol. The fourth-order valence-electron chi connectivity index (χ4n) is 4.73. The minimum atomic E-state index is -2.01. The van der Waals surface area contributed by atoms with Gasteiger partial charge in [0, 0.05) is 23.7 Å². The molecule has 3 amide bonds. The fourth-order valence-corrected chi connectivity index (χ4v) is 4.73. The summed E-state index contributed by atoms with van der Waals surface area (Å²) in [5, 5.41) is 22.2. The fraction of sp³-hybridized carbons (Fsp3) is 0.429. The van der Waals surface area contributed by atoms with Crippen LogP contribution >= 0.6 is 0 Å². The number of benzene rings is 2. The zero-order valence-corrected chi connectivity index (χ0v) is 27.7. The van der Waals surface area contributed by atoms with Crippen LogP contribution in [0.15, 0.2) is 79.0 Å². The van der Waals surface area contributed by atoms with Gasteiger partial charge in [0.2, 0.25) is 5.66 Å². The van der Waals surface area contributed by atoms with Crippen molar-refractivity contribution >= 4 is 18.1 Å². The first kappa shape index (κ1) is 36.0. The van der Waals surface area contributed by atoms with Crippen LogP contribution in [0, 0.1) is 5.41 Å². The van der Waals surface area contributed by atoms with Gasteiger partial charge in [0.05, 0.1) is 18.9 Å². The highest BCUT2D eigenvalue weighted by Crippen LogP contribution is 2.30. The molecule has 0 aliphatic rings. The van der Waals surface area contributed by atoms with Gasteiger partial charge in [-0.25, -0.2) is 9.59 Å². The van der Waals surface area contributed by atoms with Gasteiger partial charge in [-0.3, -0.25) is 25.7 Å². The number of pyridine rings is 1. The molecule has 1 unspecified atom stereocenters. The maximum absolute atomic E-state index is 14.3. The van der Waals surface area contributed by atoms with Crippen molar-refractivity contribution in [1.29, 1.82) is 0 Å². The normalized spacial score (nSPS) is 14.3. The number of nitrogens with one attached hydrogen (secondary N) is 4. The second-order valence-electron chi connectivity index (χ2n) is 13.1. The number of aliphatic hydroxyl groups excluding tert-OH is 1. The molecule has 0 aliphatic carbocycles. The van der Waals surface area contributed by atoms with Gasteiger partial charge in [0.25, 0.3) is 5.91 Å². The number of hydrogen-bond acceptors (Lipinski definition) is 8. The third kappa shape index (κ3) is 10.3. The van der Waals surface area contributed by atoms with Gasteiger partial charge >= 0.3 is 12.2 Å². The summed E-state index contributed by atoms with van der Waals surface area (Å²) in [5.41, 5.74) is -0.526. The van der Waals surface area contributed by atoms with Gasteiger partial charge in [-0.1, -0.05) is 81.4 Å². The Morgan fingerprint density at radius 2 is 1.48 bits per heavy atom. The van der Waals surface area contributed by atoms with Crippen LogP contribution in [0.25, 0.3) is 11.3 Å². The van der Waals surface area contributed by atoms with E-state index in [1.807, 2.05) is 72.8 Å². The topological polar surface area (TPSA) is 151 Å². The van der Waals surface area contributed by atoms with Gasteiger partial charge in [-0.05, 0) is 56.9 Å². The first-order valence-corrected chi connectivity index (χ1v) is 15.3. The van der Waals surface area contributed by atoms with E-state index < -0.39 is 47.0 Å². The molecule has 46 heavy (non-hydrogen) atoms. The molecule has 0 bridgehead atoms. The number of aryl methyl sites for hydroxylation is 1. The van der Waals surface area contributed by atoms with E-state index in [1.54, 1.807) is 47.7 Å². The molecule has 0 radical (unpaired) electrons. The van der Waals surface area contributed by atoms with Gasteiger partial charge < -0.3 is 19.9 Å². The Hall–Kier alpha value is -4.48. The highest BCUT2D eigenvalue weighted by Gasteiger charge is 2.53. The van der Waals surface area contributed by atoms with E-state index in [1.165, 1.54) is 7.11 Å². The number of aromatic nitrogens is 1. The molecular weight excluding hydrogens is 586 g/mol. The summed E-state index contributed by atoms with van der Waals surface area (Å²) in [6.45, 7) is 10.3. The number of ether oxygens (including phenoxy) is 2. The van der Waals surface area contributed by atoms with E-state index in [4.69, 9.17) is 9.47 Å². The van der Waals surface area contributed by atoms with E-state index in [-0.39, 0.29) is 6.54 Å². The lowest BCUT2D eigenvalue weighted by Crippen LogP contribution is -2.75. The number of alkyl carbamates (subject to hydrolysis) is 2. The third-order valence-corrected chi connectivity index (χ3v) is 7.28. The lowest BCUT2D eigenvalue weighted by molar-refractivity contribution is -0.135. The maximum atomic E-state index is 14.3. The molecule has 3 aromatic rings. The summed E-state index contributed by atoms with van der Waals surface area (Å²) >= 11 is 0. The van der Waals surface area contributed by atoms with Crippen molar-refractivity contribution in [2.75, 3.05) is 13.7 Å². The highest BCUT2D eigenvalue weighted by atomic mass is 16.6. The molecule has 248 valence electrons. The van der Waals surface area contributed by atoms with E-state index in [0.29, 0.717) is 18.4 Å². The molecule has 11 heteroatoms. The summed E-state index contributed by atoms with van der Waals surface area (Å²) in [5.74, 6) is -0.735. The van der Waals surface area contributed by atoms with Crippen LogP contribution in [-0.2, 0) is 20.7 Å². The van der Waals surface area contributed by atoms with E-state index in [2.05, 4.69) is 26.3 Å². The van der Waals surface area contributed by atoms with E-state index in [0.717, 1.165) is 16.8 Å². The monoisotopic (exact) mass is 633 g/mol. The number of aliphatic hydroxyl groups is 1. The quantitative estimate of drug-likeness (QED) is 0.174. The van der Waals surface area contributed by atoms with Crippen LogP contribution in [0.5, 0.6) is 0 Å². The van der Waals surface area contributed by atoms with Crippen molar-refractivity contribution in [2.45, 2.75) is 77.9 Å². The number of hydrogen-bond donors (Lipinski definition) is 5. The highest BCUT2D eigenvalue weighted by molar-refractivity contribution is 5.93. The number of amides is 3. The van der Waals surface area contributed by atoms with Crippen LogP contribution in [0.3, 0.4) is 0 Å². The second kappa shape index (κ2) is 15.7. The van der Waals surface area contributed by atoms with Crippen LogP contribution in [-0.4, -0.2) is 59.2 Å². The molecule has 1 aromatic heterocycles. The molecule has 0 spiro atoms. The molecule has 0 saturated carbocycles. The second-order valence-corrected chi connectivity index (χ2v) is 13.1. The van der Waals surface area contributed by atoms with Gasteiger partial charge in [-0.2, -0.15) is 0 Å². The molecule has 0 fully saturated rings. The Bertz CT molecular complexity index is 1420. The molecule has 1 heterocycles. The summed E-state index contributed by atoms with van der Waals surface area (Å²) < 4.78 is 10.3. The van der Waals surface area contributed by atoms with E-state index in [9.17, 15) is 19.5 Å². The van der Waals surface area contributed by atoms with Gasteiger partial charge in [-0.15, -0.1) is 0 Å². The van der Waals surface area contributed by atoms with Crippen LogP contribution in [0.2, 0.25) is 0 Å². The Balaban J connectivity index is 1.93. The summed E-state index contributed by atoms with van der Waals surface area (Å²) in [4.78, 5) is 44.4. The Kier molecular flexibility index (Phi) is 12.3. The average Bonchev–Trinajstić information content (AvgIpc) is 3.01. The van der Waals surface area contributed by atoms with Crippen LogP contribution in [0.1, 0.15) is 65.3 Å². The predicted molar refractivity (Wildman–Crippen MR) is 176 cm³/mol. The maximum Gasteiger partial charge on any atom is 0.409 e. The van der Waals surface area contributed by atoms with Gasteiger partial charge in [0.15, 0.2) is 0 Å². The summed E-state index contributed by atoms with van der Waals surface area (Å²) in [6.07, 6.45) is -0.521. The molecule has 5 N–H and O–H groups in total. The van der Waals surface area contributed by atoms with Crippen LogP contribution < -0.4 is 21.3 Å². The predicted octanol–water partition coefficient (Wildman–Crippen LogP) is 5.07. The molecule has 11 nitrogen and oxygen atoms in total. The number of carbonyl (C=O) groups excluding carboxylic acids is 3. The lowest BCUT2D eigenvalue weighted by atomic mass is 9.79. The van der Waals surface area contributed by atoms with Crippen molar-refractivity contribution in [1.82, 2.24) is 26.3 Å². The number of rotatable bonds is 12. The molecule has 0 aliphatic heterocycles. The third-order valence-electron chi connectivity index (χ3n) is 7.28. The number of methoxy groups -OCH3 is 1. The summed E-state index contributed by atoms with van der Waals surface area (Å²) in [6, 6.07) is 22.9. The Morgan fingerprint density at radius 1 is 0.848 bits per heavy atom. The first-order valence-electron chi connectivity index (χ1n) is 15.3. The minimum absolute atomic E-state index is 0.145. The largest absolute Gasteiger partial charge is 0.453 e. The molecular formula is C35H47N5O6. The lowest BCUT2D eigenvalue weighted by Gasteiger charge is -2.44. The zero-order chi connectivity index (χ0) is 34.0. The van der Waals surface area contributed by atoms with Crippen LogP contribution in [0.4, 0.5) is 9.59 Å². The SMILES string of the molecule is COC(=O)N[C@](NC(=O)OC(C)(C)C)(C(=O)NC(NC[C@@H](O)CCc1ccccc1)c1ccc(-c2ccccn2)cc1)C(C)(C)C. The Labute approximate surface area is 271 Å². The minimum Gasteiger partial charge on any atom is -0.453 e. The first-order chi connectivity index (χ1) is 21.6. The zero-order valence-electron chi connectivity index (χ0n) is 27.7. The van der Waals surface area contributed by atoms with Crippen molar-refractivity contribution in [3.63, 3.8) is 0 Å².